The van der Waals surface area contributed by atoms with Gasteiger partial charge in [-0.25, -0.2) is 0 Å². The zero-order valence-corrected chi connectivity index (χ0v) is 10.1. The van der Waals surface area contributed by atoms with E-state index in [1.165, 1.54) is 12.1 Å². The lowest BCUT2D eigenvalue weighted by molar-refractivity contribution is -0.275. The first kappa shape index (κ1) is 13.9. The number of carbonyl (C=O) groups excluding carboxylic acids is 1. The Morgan fingerprint density at radius 2 is 1.65 bits per heavy atom. The Morgan fingerprint density at radius 3 is 2.25 bits per heavy atom. The van der Waals surface area contributed by atoms with Crippen molar-refractivity contribution in [3.63, 3.8) is 0 Å². The monoisotopic (exact) mass is 282 g/mol. The lowest BCUT2D eigenvalue weighted by atomic mass is 10.2. The Balaban J connectivity index is 2.35. The molecule has 0 bridgehead atoms. The van der Waals surface area contributed by atoms with Gasteiger partial charge >= 0.3 is 6.36 Å². The van der Waals surface area contributed by atoms with E-state index in [4.69, 9.17) is 4.74 Å². The lowest BCUT2D eigenvalue weighted by Gasteiger charge is -2.14. The Hall–Kier alpha value is -2.50. The molecule has 6 heteroatoms. The standard InChI is InChI=1S/C14H9F3O3/c15-14(16,17)20-12-7-6-10(9-18)8-13(12)19-11-4-2-1-3-5-11/h1-9H. The fourth-order valence-electron chi connectivity index (χ4n) is 1.50. The number of benzene rings is 2. The van der Waals surface area contributed by atoms with Crippen molar-refractivity contribution >= 4 is 6.29 Å². The average Bonchev–Trinajstić information content (AvgIpc) is 2.40. The van der Waals surface area contributed by atoms with Crippen LogP contribution < -0.4 is 9.47 Å². The van der Waals surface area contributed by atoms with Crippen LogP contribution in [0.1, 0.15) is 10.4 Å². The first-order chi connectivity index (χ1) is 9.48. The van der Waals surface area contributed by atoms with E-state index in [9.17, 15) is 18.0 Å². The Labute approximate surface area is 112 Å². The normalized spacial score (nSPS) is 10.9. The summed E-state index contributed by atoms with van der Waals surface area (Å²) in [6.45, 7) is 0. The number of aldehydes is 1. The Morgan fingerprint density at radius 1 is 0.950 bits per heavy atom. The van der Waals surface area contributed by atoms with Crippen LogP contribution in [-0.2, 0) is 0 Å². The molecule has 20 heavy (non-hydrogen) atoms. The van der Waals surface area contributed by atoms with Gasteiger partial charge in [-0.15, -0.1) is 13.2 Å². The second-order valence-electron chi connectivity index (χ2n) is 3.79. The van der Waals surface area contributed by atoms with Gasteiger partial charge in [-0.2, -0.15) is 0 Å². The van der Waals surface area contributed by atoms with Gasteiger partial charge in [-0.1, -0.05) is 18.2 Å². The third-order valence-corrected chi connectivity index (χ3v) is 2.30. The zero-order chi connectivity index (χ0) is 14.6. The highest BCUT2D eigenvalue weighted by atomic mass is 19.4. The van der Waals surface area contributed by atoms with E-state index in [1.807, 2.05) is 0 Å². The molecule has 0 N–H and O–H groups in total. The summed E-state index contributed by atoms with van der Waals surface area (Å²) >= 11 is 0. The molecule has 3 nitrogen and oxygen atoms in total. The van der Waals surface area contributed by atoms with E-state index in [1.54, 1.807) is 30.3 Å². The molecule has 0 heterocycles. The number of hydrogen-bond donors (Lipinski definition) is 0. The molecular formula is C14H9F3O3. The van der Waals surface area contributed by atoms with Crippen molar-refractivity contribution < 1.29 is 27.4 Å². The maximum absolute atomic E-state index is 12.3. The Kier molecular flexibility index (Phi) is 3.93. The van der Waals surface area contributed by atoms with E-state index in [0.717, 1.165) is 6.07 Å². The van der Waals surface area contributed by atoms with Crippen LogP contribution in [0.3, 0.4) is 0 Å². The highest BCUT2D eigenvalue weighted by molar-refractivity contribution is 5.76. The van der Waals surface area contributed by atoms with Crippen LogP contribution in [0.25, 0.3) is 0 Å². The maximum Gasteiger partial charge on any atom is 0.573 e. The van der Waals surface area contributed by atoms with Gasteiger partial charge in [-0.05, 0) is 30.3 Å². The van der Waals surface area contributed by atoms with Gasteiger partial charge in [0.25, 0.3) is 0 Å². The number of ether oxygens (including phenoxy) is 2. The molecule has 0 unspecified atom stereocenters. The summed E-state index contributed by atoms with van der Waals surface area (Å²) in [6.07, 6.45) is -4.33. The predicted octanol–water partition coefficient (Wildman–Crippen LogP) is 4.19. The van der Waals surface area contributed by atoms with Crippen molar-refractivity contribution in [3.05, 3.63) is 54.1 Å². The van der Waals surface area contributed by atoms with Gasteiger partial charge in [0, 0.05) is 5.56 Å². The number of hydrogen-bond acceptors (Lipinski definition) is 3. The molecule has 2 aromatic rings. The number of carbonyl (C=O) groups is 1. The fraction of sp³-hybridized carbons (Fsp3) is 0.0714. The number of halogens is 3. The van der Waals surface area contributed by atoms with Crippen LogP contribution in [0.15, 0.2) is 48.5 Å². The molecule has 0 amide bonds. The van der Waals surface area contributed by atoms with E-state index >= 15 is 0 Å². The Bertz CT molecular complexity index is 594. The quantitative estimate of drug-likeness (QED) is 0.789. The number of para-hydroxylation sites is 1. The van der Waals surface area contributed by atoms with Crippen LogP contribution in [0.4, 0.5) is 13.2 Å². The van der Waals surface area contributed by atoms with Gasteiger partial charge in [0.1, 0.15) is 12.0 Å². The summed E-state index contributed by atoms with van der Waals surface area (Å²) in [7, 11) is 0. The third kappa shape index (κ3) is 3.74. The fourth-order valence-corrected chi connectivity index (χ4v) is 1.50. The molecule has 0 saturated heterocycles. The summed E-state index contributed by atoms with van der Waals surface area (Å²) in [5.41, 5.74) is 0.186. The topological polar surface area (TPSA) is 35.5 Å². The highest BCUT2D eigenvalue weighted by Gasteiger charge is 2.32. The number of alkyl halides is 3. The van der Waals surface area contributed by atoms with Crippen molar-refractivity contribution in [1.29, 1.82) is 0 Å². The molecular weight excluding hydrogens is 273 g/mol. The van der Waals surface area contributed by atoms with E-state index in [-0.39, 0.29) is 11.3 Å². The van der Waals surface area contributed by atoms with E-state index in [0.29, 0.717) is 12.0 Å². The first-order valence-corrected chi connectivity index (χ1v) is 5.56. The molecule has 104 valence electrons. The van der Waals surface area contributed by atoms with Crippen molar-refractivity contribution in [2.75, 3.05) is 0 Å². The molecule has 0 fully saturated rings. The van der Waals surface area contributed by atoms with E-state index in [2.05, 4.69) is 4.74 Å². The lowest BCUT2D eigenvalue weighted by Crippen LogP contribution is -2.17. The molecule has 0 aliphatic rings. The van der Waals surface area contributed by atoms with Crippen LogP contribution in [-0.4, -0.2) is 12.6 Å². The van der Waals surface area contributed by atoms with Crippen LogP contribution >= 0.6 is 0 Å². The van der Waals surface area contributed by atoms with Crippen molar-refractivity contribution in [3.8, 4) is 17.2 Å². The molecule has 0 aromatic heterocycles. The van der Waals surface area contributed by atoms with E-state index < -0.39 is 12.1 Å². The van der Waals surface area contributed by atoms with Crippen LogP contribution in [0, 0.1) is 0 Å². The molecule has 0 aliphatic heterocycles. The summed E-state index contributed by atoms with van der Waals surface area (Å²) in [5.74, 6) is -0.354. The minimum absolute atomic E-state index is 0.182. The minimum atomic E-state index is -4.84. The first-order valence-electron chi connectivity index (χ1n) is 5.56. The highest BCUT2D eigenvalue weighted by Crippen LogP contribution is 2.35. The smallest absolute Gasteiger partial charge is 0.453 e. The predicted molar refractivity (Wildman–Crippen MR) is 65.0 cm³/mol. The molecule has 0 spiro atoms. The summed E-state index contributed by atoms with van der Waals surface area (Å²) < 4.78 is 46.1. The zero-order valence-electron chi connectivity index (χ0n) is 10.1. The molecule has 0 aliphatic carbocycles. The largest absolute Gasteiger partial charge is 0.573 e. The second-order valence-corrected chi connectivity index (χ2v) is 3.79. The average molecular weight is 282 g/mol. The van der Waals surface area contributed by atoms with Crippen molar-refractivity contribution in [1.82, 2.24) is 0 Å². The van der Waals surface area contributed by atoms with Crippen molar-refractivity contribution in [2.45, 2.75) is 6.36 Å². The maximum atomic E-state index is 12.3. The van der Waals surface area contributed by atoms with Crippen molar-refractivity contribution in [2.24, 2.45) is 0 Å². The molecule has 2 rings (SSSR count). The van der Waals surface area contributed by atoms with Gasteiger partial charge in [0.15, 0.2) is 11.5 Å². The van der Waals surface area contributed by atoms with Gasteiger partial charge < -0.3 is 9.47 Å². The molecule has 0 atom stereocenters. The van der Waals surface area contributed by atoms with Gasteiger partial charge in [0.2, 0.25) is 0 Å². The molecule has 0 radical (unpaired) electrons. The van der Waals surface area contributed by atoms with Gasteiger partial charge in [0.05, 0.1) is 0 Å². The molecule has 2 aromatic carbocycles. The SMILES string of the molecule is O=Cc1ccc(OC(F)(F)F)c(Oc2ccccc2)c1. The van der Waals surface area contributed by atoms with Gasteiger partial charge in [-0.3, -0.25) is 4.79 Å². The third-order valence-electron chi connectivity index (χ3n) is 2.30. The molecule has 0 saturated carbocycles. The summed E-state index contributed by atoms with van der Waals surface area (Å²) in [4.78, 5) is 10.7. The number of rotatable bonds is 4. The van der Waals surface area contributed by atoms with Crippen LogP contribution in [0.2, 0.25) is 0 Å². The minimum Gasteiger partial charge on any atom is -0.453 e. The summed E-state index contributed by atoms with van der Waals surface area (Å²) in [5, 5.41) is 0. The summed E-state index contributed by atoms with van der Waals surface area (Å²) in [6, 6.07) is 11.7. The van der Waals surface area contributed by atoms with Crippen LogP contribution in [0.5, 0.6) is 17.2 Å². The second kappa shape index (κ2) is 5.64.